The van der Waals surface area contributed by atoms with Crippen molar-refractivity contribution in [3.63, 3.8) is 0 Å². The van der Waals surface area contributed by atoms with Crippen molar-refractivity contribution >= 4 is 11.7 Å². The Labute approximate surface area is 131 Å². The lowest BCUT2D eigenvalue weighted by Gasteiger charge is -2.16. The third kappa shape index (κ3) is 2.62. The quantitative estimate of drug-likeness (QED) is 0.851. The lowest BCUT2D eigenvalue weighted by Crippen LogP contribution is -2.24. The molecule has 0 unspecified atom stereocenters. The van der Waals surface area contributed by atoms with Crippen LogP contribution in [0, 0.1) is 0 Å². The number of nitrogens with one attached hydrogen (secondary N) is 1. The summed E-state index contributed by atoms with van der Waals surface area (Å²) in [6, 6.07) is 2.03. The van der Waals surface area contributed by atoms with E-state index >= 15 is 0 Å². The van der Waals surface area contributed by atoms with E-state index < -0.39 is 0 Å². The molecular formula is C18H23NO3. The molecule has 0 spiro atoms. The molecule has 118 valence electrons. The number of carbonyl (C=O) groups excluding carboxylic acids is 2. The van der Waals surface area contributed by atoms with Gasteiger partial charge in [0.15, 0.2) is 5.78 Å². The molecule has 0 saturated carbocycles. The zero-order valence-electron chi connectivity index (χ0n) is 13.3. The highest BCUT2D eigenvalue weighted by Gasteiger charge is 2.32. The van der Waals surface area contributed by atoms with Crippen molar-refractivity contribution < 1.29 is 14.3 Å². The van der Waals surface area contributed by atoms with E-state index in [9.17, 15) is 9.59 Å². The van der Waals surface area contributed by atoms with Crippen molar-refractivity contribution in [1.29, 1.82) is 0 Å². The first-order chi connectivity index (χ1) is 10.6. The lowest BCUT2D eigenvalue weighted by molar-refractivity contribution is -0.120. The fourth-order valence-electron chi connectivity index (χ4n) is 3.71. The van der Waals surface area contributed by atoms with Gasteiger partial charge in [0.2, 0.25) is 5.91 Å². The van der Waals surface area contributed by atoms with E-state index in [4.69, 9.17) is 4.74 Å². The van der Waals surface area contributed by atoms with Gasteiger partial charge in [-0.2, -0.15) is 0 Å². The van der Waals surface area contributed by atoms with Gasteiger partial charge in [0.05, 0.1) is 12.2 Å². The molecule has 1 atom stereocenters. The third-order valence-electron chi connectivity index (χ3n) is 4.79. The van der Waals surface area contributed by atoms with E-state index in [0.29, 0.717) is 18.9 Å². The van der Waals surface area contributed by atoms with Crippen LogP contribution in [0.1, 0.15) is 66.1 Å². The summed E-state index contributed by atoms with van der Waals surface area (Å²) in [6.45, 7) is 4.87. The van der Waals surface area contributed by atoms with Crippen LogP contribution in [-0.4, -0.2) is 24.8 Å². The highest BCUT2D eigenvalue weighted by Crippen LogP contribution is 2.45. The van der Waals surface area contributed by atoms with Crippen molar-refractivity contribution in [2.24, 2.45) is 0 Å². The highest BCUT2D eigenvalue weighted by molar-refractivity contribution is 5.98. The van der Waals surface area contributed by atoms with Gasteiger partial charge in [0.1, 0.15) is 5.75 Å². The monoisotopic (exact) mass is 301 g/mol. The van der Waals surface area contributed by atoms with Crippen molar-refractivity contribution in [2.45, 2.75) is 51.9 Å². The van der Waals surface area contributed by atoms with Crippen molar-refractivity contribution in [1.82, 2.24) is 5.32 Å². The summed E-state index contributed by atoms with van der Waals surface area (Å²) in [7, 11) is 0. The second-order valence-electron chi connectivity index (χ2n) is 6.19. The Balaban J connectivity index is 1.83. The van der Waals surface area contributed by atoms with Gasteiger partial charge in [-0.25, -0.2) is 0 Å². The fraction of sp³-hybridized carbons (Fsp3) is 0.556. The smallest absolute Gasteiger partial charge is 0.219 e. The van der Waals surface area contributed by atoms with Crippen LogP contribution in [0.2, 0.25) is 0 Å². The van der Waals surface area contributed by atoms with Crippen LogP contribution in [0.5, 0.6) is 5.75 Å². The van der Waals surface area contributed by atoms with Crippen LogP contribution in [0.4, 0.5) is 0 Å². The molecule has 3 rings (SSSR count). The average Bonchev–Trinajstić information content (AvgIpc) is 3.12. The molecule has 22 heavy (non-hydrogen) atoms. The molecule has 1 amide bonds. The summed E-state index contributed by atoms with van der Waals surface area (Å²) in [5.74, 6) is 1.48. The van der Waals surface area contributed by atoms with Crippen LogP contribution in [-0.2, 0) is 17.6 Å². The Kier molecular flexibility index (Phi) is 4.19. The van der Waals surface area contributed by atoms with Crippen LogP contribution < -0.4 is 10.1 Å². The van der Waals surface area contributed by atoms with E-state index in [-0.39, 0.29) is 11.7 Å². The summed E-state index contributed by atoms with van der Waals surface area (Å²) in [4.78, 5) is 23.2. The van der Waals surface area contributed by atoms with Crippen molar-refractivity contribution in [3.8, 4) is 5.75 Å². The maximum atomic E-state index is 11.8. The first-order valence-corrected chi connectivity index (χ1v) is 8.20. The average molecular weight is 301 g/mol. The molecule has 1 aromatic rings. The largest absolute Gasteiger partial charge is 0.492 e. The van der Waals surface area contributed by atoms with Crippen LogP contribution in [0.25, 0.3) is 0 Å². The van der Waals surface area contributed by atoms with Crippen LogP contribution in [0.3, 0.4) is 0 Å². The second-order valence-corrected chi connectivity index (χ2v) is 6.19. The number of fused-ring (bicyclic) bond motifs is 3. The van der Waals surface area contributed by atoms with Gasteiger partial charge in [0.25, 0.3) is 0 Å². The Morgan fingerprint density at radius 2 is 2.18 bits per heavy atom. The van der Waals surface area contributed by atoms with E-state index in [1.54, 1.807) is 6.92 Å². The van der Waals surface area contributed by atoms with Crippen molar-refractivity contribution in [2.75, 3.05) is 13.2 Å². The minimum absolute atomic E-state index is 0.0830. The molecule has 4 nitrogen and oxygen atoms in total. The van der Waals surface area contributed by atoms with Gasteiger partial charge in [-0.05, 0) is 49.3 Å². The van der Waals surface area contributed by atoms with E-state index in [0.717, 1.165) is 43.5 Å². The van der Waals surface area contributed by atoms with E-state index in [2.05, 4.69) is 5.32 Å². The second kappa shape index (κ2) is 6.11. The number of hydrogen-bond acceptors (Lipinski definition) is 3. The molecule has 1 aliphatic heterocycles. The Morgan fingerprint density at radius 1 is 1.36 bits per heavy atom. The summed E-state index contributed by atoms with van der Waals surface area (Å²) < 4.78 is 5.73. The van der Waals surface area contributed by atoms with Crippen LogP contribution in [0.15, 0.2) is 6.07 Å². The molecule has 2 aliphatic rings. The number of amides is 1. The Hall–Kier alpha value is -1.84. The standard InChI is InChI=1S/C18H23NO3/c1-3-16(21)19-8-6-12-4-5-13-10-15(11(2)20)18-14(17(12)13)7-9-22-18/h10,12H,3-9H2,1-2H3,(H,19,21)/t12-/m0/s1. The minimum atomic E-state index is 0.0830. The number of Topliss-reactive ketones (excluding diaryl/α,β-unsaturated/α-hetero) is 1. The summed E-state index contributed by atoms with van der Waals surface area (Å²) in [6.07, 6.45) is 4.52. The lowest BCUT2D eigenvalue weighted by atomic mass is 9.89. The maximum Gasteiger partial charge on any atom is 0.219 e. The number of carbonyl (C=O) groups is 2. The number of ether oxygens (including phenoxy) is 1. The molecular weight excluding hydrogens is 278 g/mol. The number of aryl methyl sites for hydroxylation is 1. The number of rotatable bonds is 5. The Morgan fingerprint density at radius 3 is 2.91 bits per heavy atom. The summed E-state index contributed by atoms with van der Waals surface area (Å²) in [5.41, 5.74) is 4.68. The predicted octanol–water partition coefficient (Wildman–Crippen LogP) is 2.77. The molecule has 0 aromatic heterocycles. The summed E-state index contributed by atoms with van der Waals surface area (Å²) in [5, 5.41) is 2.96. The molecule has 1 aliphatic carbocycles. The van der Waals surface area contributed by atoms with Gasteiger partial charge >= 0.3 is 0 Å². The van der Waals surface area contributed by atoms with Gasteiger partial charge in [0, 0.05) is 24.9 Å². The molecule has 0 fully saturated rings. The molecule has 0 saturated heterocycles. The first-order valence-electron chi connectivity index (χ1n) is 8.20. The first kappa shape index (κ1) is 15.1. The van der Waals surface area contributed by atoms with E-state index in [1.807, 2.05) is 13.0 Å². The molecule has 1 heterocycles. The number of hydrogen-bond donors (Lipinski definition) is 1. The number of benzene rings is 1. The molecule has 4 heteroatoms. The van der Waals surface area contributed by atoms with Crippen molar-refractivity contribution in [3.05, 3.63) is 28.3 Å². The van der Waals surface area contributed by atoms with Gasteiger partial charge in [-0.15, -0.1) is 0 Å². The zero-order chi connectivity index (χ0) is 15.7. The molecule has 0 bridgehead atoms. The fourth-order valence-corrected chi connectivity index (χ4v) is 3.71. The van der Waals surface area contributed by atoms with Crippen LogP contribution >= 0.6 is 0 Å². The Bertz CT molecular complexity index is 621. The normalized spacial score (nSPS) is 18.5. The number of ketones is 1. The maximum absolute atomic E-state index is 11.8. The zero-order valence-corrected chi connectivity index (χ0v) is 13.3. The SMILES string of the molecule is CCC(=O)NCC[C@@H]1CCc2cc(C(C)=O)c3c(c21)CCO3. The molecule has 1 aromatic carbocycles. The van der Waals surface area contributed by atoms with Gasteiger partial charge in [-0.3, -0.25) is 9.59 Å². The topological polar surface area (TPSA) is 55.4 Å². The van der Waals surface area contributed by atoms with Gasteiger partial charge < -0.3 is 10.1 Å². The highest BCUT2D eigenvalue weighted by atomic mass is 16.5. The predicted molar refractivity (Wildman–Crippen MR) is 84.6 cm³/mol. The van der Waals surface area contributed by atoms with Gasteiger partial charge in [-0.1, -0.05) is 6.92 Å². The van der Waals surface area contributed by atoms with E-state index in [1.165, 1.54) is 16.7 Å². The summed E-state index contributed by atoms with van der Waals surface area (Å²) >= 11 is 0. The third-order valence-corrected chi connectivity index (χ3v) is 4.79. The molecule has 0 radical (unpaired) electrons. The minimum Gasteiger partial charge on any atom is -0.492 e. The molecule has 1 N–H and O–H groups in total.